The summed E-state index contributed by atoms with van der Waals surface area (Å²) in [6.07, 6.45) is 2.07. The predicted octanol–water partition coefficient (Wildman–Crippen LogP) is 1.15. The van der Waals surface area contributed by atoms with E-state index in [4.69, 9.17) is 4.74 Å². The summed E-state index contributed by atoms with van der Waals surface area (Å²) in [4.78, 5) is 5.99. The second-order valence-corrected chi connectivity index (χ2v) is 4.70. The molecule has 0 saturated carbocycles. The third-order valence-electron chi connectivity index (χ3n) is 2.69. The van der Waals surface area contributed by atoms with Gasteiger partial charge in [0.15, 0.2) is 0 Å². The maximum Gasteiger partial charge on any atom is 0.213 e. The molecule has 2 heterocycles. The Morgan fingerprint density at radius 3 is 3.43 bits per heavy atom. The minimum atomic E-state index is 0.534. The van der Waals surface area contributed by atoms with Gasteiger partial charge in [0.05, 0.1) is 13.0 Å². The van der Waals surface area contributed by atoms with E-state index in [1.807, 2.05) is 11.8 Å². The average Bonchev–Trinajstić information content (AvgIpc) is 2.86. The number of methoxy groups -OCH3 is 1. The summed E-state index contributed by atoms with van der Waals surface area (Å²) in [7, 11) is 1.68. The fourth-order valence-corrected chi connectivity index (χ4v) is 3.12. The van der Waals surface area contributed by atoms with E-state index >= 15 is 0 Å². The number of thioether (sulfide) groups is 1. The van der Waals surface area contributed by atoms with Crippen LogP contribution in [0.4, 0.5) is 0 Å². The van der Waals surface area contributed by atoms with Gasteiger partial charge in [0.1, 0.15) is 0 Å². The smallest absolute Gasteiger partial charge is 0.213 e. The van der Waals surface area contributed by atoms with Gasteiger partial charge in [-0.15, -0.1) is 11.8 Å². The van der Waals surface area contributed by atoms with Gasteiger partial charge in [-0.05, 0) is 5.57 Å². The van der Waals surface area contributed by atoms with Crippen LogP contribution in [0.15, 0.2) is 27.4 Å². The molecule has 0 radical (unpaired) electrons. The topological polar surface area (TPSA) is 33.6 Å². The van der Waals surface area contributed by atoms with Crippen LogP contribution in [0.2, 0.25) is 0 Å². The fraction of sp³-hybridized carbons (Fsp3) is 0.500. The lowest BCUT2D eigenvalue weighted by Gasteiger charge is -2.14. The molecule has 0 unspecified atom stereocenters. The minimum absolute atomic E-state index is 0.534. The zero-order valence-electron chi connectivity index (χ0n) is 8.04. The van der Waals surface area contributed by atoms with Crippen molar-refractivity contribution in [3.8, 4) is 0 Å². The maximum absolute atomic E-state index is 5.18. The first-order valence-electron chi connectivity index (χ1n) is 4.81. The Morgan fingerprint density at radius 2 is 2.57 bits per heavy atom. The summed E-state index contributed by atoms with van der Waals surface area (Å²) < 4.78 is 5.18. The summed E-state index contributed by atoms with van der Waals surface area (Å²) in [5.41, 5.74) is 2.65. The number of rotatable bonds is 1. The summed E-state index contributed by atoms with van der Waals surface area (Å²) in [6, 6.07) is 0. The van der Waals surface area contributed by atoms with Crippen molar-refractivity contribution in [3.63, 3.8) is 0 Å². The summed E-state index contributed by atoms with van der Waals surface area (Å²) in [5, 5.41) is 3.38. The monoisotopic (exact) mass is 208 g/mol. The van der Waals surface area contributed by atoms with Crippen LogP contribution in [0.25, 0.3) is 0 Å². The summed E-state index contributed by atoms with van der Waals surface area (Å²) >= 11 is 1.95. The summed E-state index contributed by atoms with van der Waals surface area (Å²) in [5.74, 6) is 2.45. The van der Waals surface area contributed by atoms with Gasteiger partial charge in [-0.3, -0.25) is 0 Å². The Hall–Kier alpha value is -0.740. The second-order valence-electron chi connectivity index (χ2n) is 3.57. The summed E-state index contributed by atoms with van der Waals surface area (Å²) in [6.45, 7) is 1.97. The lowest BCUT2D eigenvalue weighted by Crippen LogP contribution is -2.29. The fourth-order valence-electron chi connectivity index (χ4n) is 1.94. The molecule has 2 aliphatic heterocycles. The van der Waals surface area contributed by atoms with Crippen LogP contribution in [0.5, 0.6) is 0 Å². The molecule has 1 aliphatic carbocycles. The van der Waals surface area contributed by atoms with E-state index in [9.17, 15) is 0 Å². The van der Waals surface area contributed by atoms with Crippen molar-refractivity contribution in [1.29, 1.82) is 0 Å². The van der Waals surface area contributed by atoms with Crippen molar-refractivity contribution in [1.82, 2.24) is 5.32 Å². The number of hydrogen-bond donors (Lipinski definition) is 1. The van der Waals surface area contributed by atoms with Crippen LogP contribution < -0.4 is 5.32 Å². The quantitative estimate of drug-likeness (QED) is 0.702. The third-order valence-corrected chi connectivity index (χ3v) is 3.88. The van der Waals surface area contributed by atoms with Crippen LogP contribution >= 0.6 is 11.8 Å². The Kier molecular flexibility index (Phi) is 1.92. The molecule has 0 aromatic carbocycles. The number of hydrogen-bond acceptors (Lipinski definition) is 4. The molecule has 4 heteroatoms. The molecule has 0 aromatic heterocycles. The number of ether oxygens (including phenoxy) is 1. The highest BCUT2D eigenvalue weighted by Crippen LogP contribution is 2.51. The molecule has 1 N–H and O–H groups in total. The maximum atomic E-state index is 5.18. The van der Waals surface area contributed by atoms with Crippen molar-refractivity contribution in [3.05, 3.63) is 22.4 Å². The van der Waals surface area contributed by atoms with Crippen LogP contribution in [-0.2, 0) is 4.74 Å². The molecular weight excluding hydrogens is 196 g/mol. The standard InChI is InChI=1S/C10H12N2OS/c1-13-8-4-6-9-7(12-8)5-11-2-3-14-10(6)9/h4,9,11H,2-3,5H2,1H3/t9-/m1/s1. The SMILES string of the molecule is COC1=CC2=C3SCCNCC(=N1)[C@@H]23. The number of aliphatic imine (C=N–C) groups is 1. The minimum Gasteiger partial charge on any atom is -0.481 e. The van der Waals surface area contributed by atoms with Gasteiger partial charge < -0.3 is 10.1 Å². The van der Waals surface area contributed by atoms with Crippen LogP contribution in [-0.4, -0.2) is 31.7 Å². The van der Waals surface area contributed by atoms with E-state index in [0.29, 0.717) is 5.92 Å². The normalized spacial score (nSPS) is 29.6. The van der Waals surface area contributed by atoms with Gasteiger partial charge in [0.25, 0.3) is 0 Å². The van der Waals surface area contributed by atoms with E-state index in [0.717, 1.165) is 19.0 Å². The number of nitrogens with one attached hydrogen (secondary N) is 1. The van der Waals surface area contributed by atoms with Crippen molar-refractivity contribution in [2.75, 3.05) is 26.0 Å². The van der Waals surface area contributed by atoms with E-state index < -0.39 is 0 Å². The molecule has 3 nitrogen and oxygen atoms in total. The molecule has 3 rings (SSSR count). The average molecular weight is 208 g/mol. The lowest BCUT2D eigenvalue weighted by molar-refractivity contribution is 0.287. The van der Waals surface area contributed by atoms with Crippen LogP contribution in [0.3, 0.4) is 0 Å². The highest BCUT2D eigenvalue weighted by Gasteiger charge is 2.42. The molecule has 14 heavy (non-hydrogen) atoms. The Bertz CT molecular complexity index is 370. The van der Waals surface area contributed by atoms with Crippen LogP contribution in [0, 0.1) is 5.92 Å². The molecule has 0 aromatic rings. The first-order valence-corrected chi connectivity index (χ1v) is 5.79. The number of nitrogens with zero attached hydrogens (tertiary/aromatic N) is 1. The Balaban J connectivity index is 1.94. The molecule has 1 fully saturated rings. The van der Waals surface area contributed by atoms with Crippen molar-refractivity contribution >= 4 is 17.5 Å². The third kappa shape index (κ3) is 1.21. The first kappa shape index (κ1) is 8.56. The van der Waals surface area contributed by atoms with Crippen molar-refractivity contribution in [2.24, 2.45) is 10.9 Å². The predicted molar refractivity (Wildman–Crippen MR) is 58.4 cm³/mol. The molecular formula is C10H12N2OS. The first-order chi connectivity index (χ1) is 6.90. The second kappa shape index (κ2) is 3.14. The van der Waals surface area contributed by atoms with E-state index in [-0.39, 0.29) is 0 Å². The van der Waals surface area contributed by atoms with Gasteiger partial charge in [-0.1, -0.05) is 0 Å². The van der Waals surface area contributed by atoms with Gasteiger partial charge in [-0.2, -0.15) is 0 Å². The molecule has 0 bridgehead atoms. The van der Waals surface area contributed by atoms with Gasteiger partial charge in [0.2, 0.25) is 5.88 Å². The Morgan fingerprint density at radius 1 is 1.64 bits per heavy atom. The highest BCUT2D eigenvalue weighted by atomic mass is 32.2. The molecule has 1 atom stereocenters. The highest BCUT2D eigenvalue weighted by molar-refractivity contribution is 8.03. The zero-order valence-corrected chi connectivity index (χ0v) is 8.86. The zero-order chi connectivity index (χ0) is 9.54. The molecule has 0 spiro atoms. The molecule has 1 saturated heterocycles. The Labute approximate surface area is 87.3 Å². The molecule has 74 valence electrons. The van der Waals surface area contributed by atoms with Crippen molar-refractivity contribution < 1.29 is 4.74 Å². The molecule has 0 amide bonds. The van der Waals surface area contributed by atoms with Gasteiger partial charge in [-0.25, -0.2) is 4.99 Å². The van der Waals surface area contributed by atoms with Gasteiger partial charge in [0, 0.05) is 35.5 Å². The number of allylic oxidation sites excluding steroid dienone is 3. The van der Waals surface area contributed by atoms with Crippen molar-refractivity contribution in [2.45, 2.75) is 0 Å². The molecule has 3 aliphatic rings. The van der Waals surface area contributed by atoms with E-state index in [2.05, 4.69) is 16.4 Å². The van der Waals surface area contributed by atoms with Crippen LogP contribution in [0.1, 0.15) is 0 Å². The lowest BCUT2D eigenvalue weighted by atomic mass is 10.1. The van der Waals surface area contributed by atoms with E-state index in [1.165, 1.54) is 21.9 Å². The van der Waals surface area contributed by atoms with E-state index in [1.54, 1.807) is 7.11 Å². The largest absolute Gasteiger partial charge is 0.481 e. The van der Waals surface area contributed by atoms with Gasteiger partial charge >= 0.3 is 0 Å².